The van der Waals surface area contributed by atoms with Crippen LogP contribution in [-0.2, 0) is 13.6 Å². The Kier molecular flexibility index (Phi) is 6.31. The van der Waals surface area contributed by atoms with E-state index in [0.29, 0.717) is 19.4 Å². The maximum atomic E-state index is 11.9. The molecule has 0 saturated carbocycles. The lowest BCUT2D eigenvalue weighted by molar-refractivity contribution is 0.222. The lowest BCUT2D eigenvalue weighted by Gasteiger charge is -2.16. The SMILES string of the molecule is C/C=C(\C)CP(=O)(OCC)OCC. The number of hydrogen-bond acceptors (Lipinski definition) is 3. The fourth-order valence-corrected chi connectivity index (χ4v) is 2.76. The highest BCUT2D eigenvalue weighted by atomic mass is 31.2. The largest absolute Gasteiger partial charge is 0.334 e. The van der Waals surface area contributed by atoms with Crippen LogP contribution in [0.5, 0.6) is 0 Å². The van der Waals surface area contributed by atoms with Crippen LogP contribution in [0.2, 0.25) is 0 Å². The molecule has 0 aromatic rings. The van der Waals surface area contributed by atoms with Crippen LogP contribution in [0.25, 0.3) is 0 Å². The van der Waals surface area contributed by atoms with Crippen molar-refractivity contribution in [1.82, 2.24) is 0 Å². The number of hydrogen-bond donors (Lipinski definition) is 0. The Morgan fingerprint density at radius 1 is 1.31 bits per heavy atom. The summed E-state index contributed by atoms with van der Waals surface area (Å²) in [5.74, 6) is 0. The summed E-state index contributed by atoms with van der Waals surface area (Å²) in [5.41, 5.74) is 1.03. The first kappa shape index (κ1) is 12.9. The molecule has 0 N–H and O–H groups in total. The van der Waals surface area contributed by atoms with Crippen LogP contribution >= 0.6 is 7.60 Å². The van der Waals surface area contributed by atoms with Gasteiger partial charge in [-0.3, -0.25) is 4.57 Å². The Hall–Kier alpha value is -0.110. The highest BCUT2D eigenvalue weighted by Crippen LogP contribution is 2.49. The average molecular weight is 206 g/mol. The van der Waals surface area contributed by atoms with E-state index < -0.39 is 7.60 Å². The molecule has 0 amide bonds. The summed E-state index contributed by atoms with van der Waals surface area (Å²) in [7, 11) is -2.86. The maximum absolute atomic E-state index is 11.9. The standard InChI is InChI=1S/C9H19O3P/c1-5-9(4)8-13(10,11-6-2)12-7-3/h5H,6-8H2,1-4H3/b9-5+. The molecule has 13 heavy (non-hydrogen) atoms. The normalized spacial score (nSPS) is 13.4. The van der Waals surface area contributed by atoms with Gasteiger partial charge in [0.15, 0.2) is 0 Å². The summed E-state index contributed by atoms with van der Waals surface area (Å²) in [5, 5.41) is 0. The minimum Gasteiger partial charge on any atom is -0.309 e. The molecule has 0 spiro atoms. The fraction of sp³-hybridized carbons (Fsp3) is 0.778. The first-order chi connectivity index (χ1) is 6.08. The summed E-state index contributed by atoms with van der Waals surface area (Å²) in [6, 6.07) is 0. The average Bonchev–Trinajstić information content (AvgIpc) is 2.04. The van der Waals surface area contributed by atoms with Crippen molar-refractivity contribution in [2.24, 2.45) is 0 Å². The van der Waals surface area contributed by atoms with Crippen molar-refractivity contribution in [3.05, 3.63) is 11.6 Å². The molecule has 0 aliphatic carbocycles. The molecule has 0 rings (SSSR count). The molecule has 0 saturated heterocycles. The van der Waals surface area contributed by atoms with E-state index in [9.17, 15) is 4.57 Å². The zero-order valence-corrected chi connectivity index (χ0v) is 9.77. The van der Waals surface area contributed by atoms with E-state index in [1.807, 2.05) is 33.8 Å². The van der Waals surface area contributed by atoms with Crippen LogP contribution in [0.15, 0.2) is 11.6 Å². The number of allylic oxidation sites excluding steroid dienone is 2. The maximum Gasteiger partial charge on any atom is 0.334 e. The summed E-state index contributed by atoms with van der Waals surface area (Å²) < 4.78 is 22.2. The lowest BCUT2D eigenvalue weighted by atomic mass is 10.3. The molecule has 0 heterocycles. The van der Waals surface area contributed by atoms with Gasteiger partial charge in [0.2, 0.25) is 0 Å². The van der Waals surface area contributed by atoms with E-state index in [1.165, 1.54) is 0 Å². The van der Waals surface area contributed by atoms with Gasteiger partial charge >= 0.3 is 7.60 Å². The van der Waals surface area contributed by atoms with Crippen molar-refractivity contribution in [1.29, 1.82) is 0 Å². The Morgan fingerprint density at radius 2 is 1.77 bits per heavy atom. The van der Waals surface area contributed by atoms with E-state index in [1.54, 1.807) is 0 Å². The van der Waals surface area contributed by atoms with Gasteiger partial charge in [-0.1, -0.05) is 11.6 Å². The monoisotopic (exact) mass is 206 g/mol. The second-order valence-corrected chi connectivity index (χ2v) is 4.79. The summed E-state index contributed by atoms with van der Waals surface area (Å²) in [4.78, 5) is 0. The molecule has 78 valence electrons. The predicted octanol–water partition coefficient (Wildman–Crippen LogP) is 3.22. The molecule has 4 heteroatoms. The summed E-state index contributed by atoms with van der Waals surface area (Å²) >= 11 is 0. The van der Waals surface area contributed by atoms with Crippen molar-refractivity contribution in [2.75, 3.05) is 19.4 Å². The molecule has 0 atom stereocenters. The Balaban J connectivity index is 4.32. The molecule has 0 radical (unpaired) electrons. The van der Waals surface area contributed by atoms with Crippen molar-refractivity contribution < 1.29 is 13.6 Å². The minimum atomic E-state index is -2.86. The van der Waals surface area contributed by atoms with Crippen LogP contribution in [-0.4, -0.2) is 19.4 Å². The van der Waals surface area contributed by atoms with E-state index >= 15 is 0 Å². The molecule has 3 nitrogen and oxygen atoms in total. The third-order valence-electron chi connectivity index (χ3n) is 1.59. The first-order valence-corrected chi connectivity index (χ1v) is 6.30. The Bertz CT molecular complexity index is 201. The number of rotatable bonds is 6. The molecule has 0 aliphatic rings. The summed E-state index contributed by atoms with van der Waals surface area (Å²) in [6.07, 6.45) is 2.32. The van der Waals surface area contributed by atoms with Crippen LogP contribution in [0.3, 0.4) is 0 Å². The van der Waals surface area contributed by atoms with Gasteiger partial charge in [-0.25, -0.2) is 0 Å². The fourth-order valence-electron chi connectivity index (χ4n) is 0.919. The molecule has 0 aliphatic heterocycles. The zero-order chi connectivity index (χ0) is 10.3. The van der Waals surface area contributed by atoms with Gasteiger partial charge in [0, 0.05) is 0 Å². The van der Waals surface area contributed by atoms with Crippen molar-refractivity contribution in [3.63, 3.8) is 0 Å². The van der Waals surface area contributed by atoms with Gasteiger partial charge in [0.25, 0.3) is 0 Å². The van der Waals surface area contributed by atoms with Crippen LogP contribution < -0.4 is 0 Å². The van der Waals surface area contributed by atoms with Gasteiger partial charge in [0.05, 0.1) is 19.4 Å². The topological polar surface area (TPSA) is 35.5 Å². The highest BCUT2D eigenvalue weighted by molar-refractivity contribution is 7.54. The summed E-state index contributed by atoms with van der Waals surface area (Å²) in [6.45, 7) is 8.32. The zero-order valence-electron chi connectivity index (χ0n) is 8.87. The van der Waals surface area contributed by atoms with Gasteiger partial charge in [-0.2, -0.15) is 0 Å². The van der Waals surface area contributed by atoms with Crippen molar-refractivity contribution >= 4 is 7.60 Å². The second kappa shape index (κ2) is 6.36. The molecule has 0 aromatic heterocycles. The predicted molar refractivity (Wildman–Crippen MR) is 55.2 cm³/mol. The van der Waals surface area contributed by atoms with E-state index in [-0.39, 0.29) is 0 Å². The second-order valence-electron chi connectivity index (χ2n) is 2.74. The first-order valence-electron chi connectivity index (χ1n) is 4.58. The van der Waals surface area contributed by atoms with Gasteiger partial charge in [-0.05, 0) is 27.7 Å². The molecule has 0 bridgehead atoms. The third kappa shape index (κ3) is 5.25. The molecular formula is C9H19O3P. The quantitative estimate of drug-likeness (QED) is 0.494. The minimum absolute atomic E-state index is 0.394. The van der Waals surface area contributed by atoms with Crippen molar-refractivity contribution in [3.8, 4) is 0 Å². The highest BCUT2D eigenvalue weighted by Gasteiger charge is 2.23. The van der Waals surface area contributed by atoms with E-state index in [0.717, 1.165) is 5.57 Å². The van der Waals surface area contributed by atoms with E-state index in [4.69, 9.17) is 9.05 Å². The molecule has 0 fully saturated rings. The Labute approximate surface area is 80.7 Å². The molecular weight excluding hydrogens is 187 g/mol. The van der Waals surface area contributed by atoms with Gasteiger partial charge < -0.3 is 9.05 Å². The molecule has 0 aromatic carbocycles. The van der Waals surface area contributed by atoms with Gasteiger partial charge in [-0.15, -0.1) is 0 Å². The van der Waals surface area contributed by atoms with Crippen molar-refractivity contribution in [2.45, 2.75) is 27.7 Å². The van der Waals surface area contributed by atoms with Gasteiger partial charge in [0.1, 0.15) is 0 Å². The van der Waals surface area contributed by atoms with Crippen LogP contribution in [0.1, 0.15) is 27.7 Å². The molecule has 0 unspecified atom stereocenters. The van der Waals surface area contributed by atoms with E-state index in [2.05, 4.69) is 0 Å². The lowest BCUT2D eigenvalue weighted by Crippen LogP contribution is -2.00. The van der Waals surface area contributed by atoms with Crippen LogP contribution in [0, 0.1) is 0 Å². The van der Waals surface area contributed by atoms with Crippen LogP contribution in [0.4, 0.5) is 0 Å². The Morgan fingerprint density at radius 3 is 2.08 bits per heavy atom. The third-order valence-corrected chi connectivity index (χ3v) is 3.78. The smallest absolute Gasteiger partial charge is 0.309 e.